The topological polar surface area (TPSA) is 38.3 Å². The van der Waals surface area contributed by atoms with E-state index in [-0.39, 0.29) is 0 Å². The maximum absolute atomic E-state index is 10.4. The van der Waals surface area contributed by atoms with Crippen LogP contribution in [0.1, 0.15) is 22.3 Å². The molecule has 2 aromatic rings. The largest absolute Gasteiger partial charge is 0.490 e. The zero-order valence-corrected chi connectivity index (χ0v) is 16.9. The molecule has 1 aliphatic rings. The van der Waals surface area contributed by atoms with Crippen LogP contribution in [0.4, 0.5) is 0 Å². The number of hydrogen-bond donors (Lipinski definition) is 3. The van der Waals surface area contributed by atoms with Gasteiger partial charge in [-0.2, -0.15) is 0 Å². The van der Waals surface area contributed by atoms with E-state index in [1.807, 2.05) is 0 Å². The molecule has 0 aromatic heterocycles. The number of aryl methyl sites for hydroxylation is 3. The molecule has 1 unspecified atom stereocenters. The van der Waals surface area contributed by atoms with Gasteiger partial charge in [0.05, 0.1) is 0 Å². The number of nitrogens with one attached hydrogen (secondary N) is 2. The van der Waals surface area contributed by atoms with Crippen LogP contribution in [0.15, 0.2) is 42.5 Å². The molecule has 0 radical (unpaired) electrons. The fourth-order valence-corrected chi connectivity index (χ4v) is 4.19. The van der Waals surface area contributed by atoms with E-state index < -0.39 is 6.10 Å². The Labute approximate surface area is 163 Å². The number of benzene rings is 2. The quantitative estimate of drug-likeness (QED) is 0.658. The van der Waals surface area contributed by atoms with Crippen LogP contribution in [0.3, 0.4) is 0 Å². The van der Waals surface area contributed by atoms with Gasteiger partial charge in [-0.05, 0) is 31.9 Å². The van der Waals surface area contributed by atoms with E-state index in [4.69, 9.17) is 4.74 Å². The molecule has 4 heteroatoms. The maximum Gasteiger partial charge on any atom is 0.137 e. The van der Waals surface area contributed by atoms with Crippen molar-refractivity contribution in [3.05, 3.63) is 64.7 Å². The van der Waals surface area contributed by atoms with Crippen LogP contribution in [0.2, 0.25) is 0 Å². The second-order valence-corrected chi connectivity index (χ2v) is 8.06. The highest BCUT2D eigenvalue weighted by Crippen LogP contribution is 2.24. The molecule has 1 fully saturated rings. The lowest BCUT2D eigenvalue weighted by Gasteiger charge is -2.30. The lowest BCUT2D eigenvalue weighted by molar-refractivity contribution is -1.02. The van der Waals surface area contributed by atoms with Gasteiger partial charge in [0.1, 0.15) is 57.7 Å². The van der Waals surface area contributed by atoms with Gasteiger partial charge in [0, 0.05) is 5.56 Å². The van der Waals surface area contributed by atoms with E-state index >= 15 is 0 Å². The molecular formula is C23H34N2O2+2. The van der Waals surface area contributed by atoms with Crippen LogP contribution in [-0.4, -0.2) is 50.5 Å². The fraction of sp³-hybridized carbons (Fsp3) is 0.478. The van der Waals surface area contributed by atoms with Crippen LogP contribution >= 0.6 is 0 Å². The second-order valence-electron chi connectivity index (χ2n) is 8.06. The molecule has 2 aromatic carbocycles. The molecule has 1 saturated heterocycles. The molecule has 27 heavy (non-hydrogen) atoms. The summed E-state index contributed by atoms with van der Waals surface area (Å²) in [6.45, 7) is 13.0. The molecule has 0 bridgehead atoms. The molecule has 1 atom stereocenters. The van der Waals surface area contributed by atoms with Gasteiger partial charge < -0.3 is 19.6 Å². The van der Waals surface area contributed by atoms with Crippen molar-refractivity contribution in [1.82, 2.24) is 0 Å². The minimum atomic E-state index is -0.421. The third-order valence-corrected chi connectivity index (χ3v) is 5.51. The first-order valence-corrected chi connectivity index (χ1v) is 10.1. The molecule has 1 heterocycles. The normalized spacial score (nSPS) is 21.0. The molecule has 146 valence electrons. The zero-order valence-electron chi connectivity index (χ0n) is 16.9. The smallest absolute Gasteiger partial charge is 0.137 e. The summed E-state index contributed by atoms with van der Waals surface area (Å²) in [6, 6.07) is 15.0. The summed E-state index contributed by atoms with van der Waals surface area (Å²) in [7, 11) is 0. The summed E-state index contributed by atoms with van der Waals surface area (Å²) >= 11 is 0. The van der Waals surface area contributed by atoms with Crippen molar-refractivity contribution in [1.29, 1.82) is 0 Å². The van der Waals surface area contributed by atoms with E-state index in [1.54, 1.807) is 4.90 Å². The Morgan fingerprint density at radius 2 is 1.52 bits per heavy atom. The highest BCUT2D eigenvalue weighted by molar-refractivity contribution is 5.42. The average Bonchev–Trinajstić information content (AvgIpc) is 2.63. The van der Waals surface area contributed by atoms with Crippen molar-refractivity contribution in [2.24, 2.45) is 0 Å². The second kappa shape index (κ2) is 9.36. The molecule has 1 aliphatic heterocycles. The van der Waals surface area contributed by atoms with Gasteiger partial charge in [-0.3, -0.25) is 0 Å². The Balaban J connectivity index is 1.41. The number of aliphatic hydroxyl groups excluding tert-OH is 1. The van der Waals surface area contributed by atoms with Crippen molar-refractivity contribution < 1.29 is 19.6 Å². The monoisotopic (exact) mass is 370 g/mol. The summed E-state index contributed by atoms with van der Waals surface area (Å²) < 4.78 is 5.96. The van der Waals surface area contributed by atoms with E-state index in [0.29, 0.717) is 6.61 Å². The molecule has 0 amide bonds. The minimum Gasteiger partial charge on any atom is -0.490 e. The third kappa shape index (κ3) is 5.80. The summed E-state index contributed by atoms with van der Waals surface area (Å²) in [4.78, 5) is 3.13. The molecule has 3 N–H and O–H groups in total. The SMILES string of the molecule is Cc1cc(C)c(OCC(O)C[NH+]2CC[NH+](Cc3ccccc3)CC2)c(C)c1. The van der Waals surface area contributed by atoms with Crippen LogP contribution in [0, 0.1) is 20.8 Å². The first kappa shape index (κ1) is 19.9. The van der Waals surface area contributed by atoms with Gasteiger partial charge in [-0.25, -0.2) is 0 Å². The van der Waals surface area contributed by atoms with Gasteiger partial charge in [-0.15, -0.1) is 0 Å². The third-order valence-electron chi connectivity index (χ3n) is 5.51. The zero-order chi connectivity index (χ0) is 19.2. The molecule has 0 saturated carbocycles. The Kier molecular flexibility index (Phi) is 6.89. The van der Waals surface area contributed by atoms with Crippen LogP contribution < -0.4 is 14.5 Å². The van der Waals surface area contributed by atoms with Crippen LogP contribution in [-0.2, 0) is 6.54 Å². The number of quaternary nitrogens is 2. The number of rotatable bonds is 7. The first-order chi connectivity index (χ1) is 13.0. The summed E-state index contributed by atoms with van der Waals surface area (Å²) in [5.41, 5.74) is 4.95. The summed E-state index contributed by atoms with van der Waals surface area (Å²) in [5.74, 6) is 0.923. The predicted octanol–water partition coefficient (Wildman–Crippen LogP) is 0.335. The highest BCUT2D eigenvalue weighted by atomic mass is 16.5. The van der Waals surface area contributed by atoms with E-state index in [2.05, 4.69) is 63.2 Å². The van der Waals surface area contributed by atoms with Crippen molar-refractivity contribution >= 4 is 0 Å². The predicted molar refractivity (Wildman–Crippen MR) is 109 cm³/mol. The Morgan fingerprint density at radius 1 is 0.926 bits per heavy atom. The first-order valence-electron chi connectivity index (χ1n) is 10.1. The van der Waals surface area contributed by atoms with Gasteiger partial charge in [0.15, 0.2) is 0 Å². The molecule has 0 spiro atoms. The molecule has 4 nitrogen and oxygen atoms in total. The van der Waals surface area contributed by atoms with Crippen molar-refractivity contribution in [3.63, 3.8) is 0 Å². The van der Waals surface area contributed by atoms with Crippen LogP contribution in [0.25, 0.3) is 0 Å². The van der Waals surface area contributed by atoms with E-state index in [1.165, 1.54) is 16.0 Å². The average molecular weight is 371 g/mol. The van der Waals surface area contributed by atoms with Crippen molar-refractivity contribution in [2.45, 2.75) is 33.4 Å². The molecule has 3 rings (SSSR count). The van der Waals surface area contributed by atoms with Gasteiger partial charge in [0.25, 0.3) is 0 Å². The standard InChI is InChI=1S/C23H32N2O2/c1-18-13-19(2)23(20(3)14-18)27-17-22(26)16-25-11-9-24(10-12-25)15-21-7-5-4-6-8-21/h4-8,13-14,22,26H,9-12,15-17H2,1-3H3/p+2. The Morgan fingerprint density at radius 3 is 2.15 bits per heavy atom. The van der Waals surface area contributed by atoms with Gasteiger partial charge in [-0.1, -0.05) is 48.0 Å². The van der Waals surface area contributed by atoms with Crippen molar-refractivity contribution in [2.75, 3.05) is 39.3 Å². The number of ether oxygens (including phenoxy) is 1. The fourth-order valence-electron chi connectivity index (χ4n) is 4.19. The minimum absolute atomic E-state index is 0.370. The maximum atomic E-state index is 10.4. The molecular weight excluding hydrogens is 336 g/mol. The molecule has 0 aliphatic carbocycles. The lowest BCUT2D eigenvalue weighted by atomic mass is 10.1. The van der Waals surface area contributed by atoms with Gasteiger partial charge >= 0.3 is 0 Å². The van der Waals surface area contributed by atoms with Crippen molar-refractivity contribution in [3.8, 4) is 5.75 Å². The van der Waals surface area contributed by atoms with E-state index in [0.717, 1.165) is 56.1 Å². The van der Waals surface area contributed by atoms with Gasteiger partial charge in [0.2, 0.25) is 0 Å². The number of hydrogen-bond acceptors (Lipinski definition) is 2. The number of piperazine rings is 1. The summed E-state index contributed by atoms with van der Waals surface area (Å²) in [6.07, 6.45) is -0.421. The Bertz CT molecular complexity index is 701. The number of aliphatic hydroxyl groups is 1. The van der Waals surface area contributed by atoms with E-state index in [9.17, 15) is 5.11 Å². The Hall–Kier alpha value is -1.88. The van der Waals surface area contributed by atoms with Crippen LogP contribution in [0.5, 0.6) is 5.75 Å². The lowest BCUT2D eigenvalue weighted by Crippen LogP contribution is -3.28. The summed E-state index contributed by atoms with van der Waals surface area (Å²) in [5, 5.41) is 10.4. The highest BCUT2D eigenvalue weighted by Gasteiger charge is 2.25.